The maximum Gasteiger partial charge on any atom is 0.161 e. The number of fused-ring (bicyclic) bond motifs is 1. The maximum absolute atomic E-state index is 5.67. The topological polar surface area (TPSA) is 30.5 Å². The van der Waals surface area contributed by atoms with Crippen LogP contribution in [0.3, 0.4) is 0 Å². The van der Waals surface area contributed by atoms with Gasteiger partial charge in [-0.25, -0.2) is 0 Å². The number of benzene rings is 1. The molecule has 0 aromatic heterocycles. The van der Waals surface area contributed by atoms with Crippen LogP contribution in [-0.2, 0) is 5.54 Å². The fourth-order valence-corrected chi connectivity index (χ4v) is 2.91. The largest absolute Gasteiger partial charge is 0.486 e. The van der Waals surface area contributed by atoms with Crippen LogP contribution < -0.4 is 14.8 Å². The van der Waals surface area contributed by atoms with Crippen molar-refractivity contribution in [2.24, 2.45) is 0 Å². The van der Waals surface area contributed by atoms with E-state index in [2.05, 4.69) is 31.3 Å². The van der Waals surface area contributed by atoms with E-state index in [0.29, 0.717) is 13.2 Å². The molecule has 1 N–H and O–H groups in total. The zero-order valence-electron chi connectivity index (χ0n) is 10.5. The van der Waals surface area contributed by atoms with Gasteiger partial charge in [-0.1, -0.05) is 0 Å². The van der Waals surface area contributed by atoms with Crippen LogP contribution in [0.2, 0.25) is 0 Å². The normalized spacial score (nSPS) is 27.2. The molecule has 17 heavy (non-hydrogen) atoms. The minimum absolute atomic E-state index is 0.0971. The highest BCUT2D eigenvalue weighted by atomic mass is 16.6. The lowest BCUT2D eigenvalue weighted by Gasteiger charge is -2.29. The van der Waals surface area contributed by atoms with Gasteiger partial charge in [-0.2, -0.15) is 0 Å². The Hall–Kier alpha value is -1.22. The summed E-state index contributed by atoms with van der Waals surface area (Å²) in [5.74, 6) is 1.78. The van der Waals surface area contributed by atoms with Crippen molar-refractivity contribution in [3.63, 3.8) is 0 Å². The standard InChI is InChI=1S/C14H19NO2/c1-10-8-12-13(17-7-6-16-12)9-11(10)14(2)4-3-5-15-14/h8-9,15H,3-7H2,1-2H3. The van der Waals surface area contributed by atoms with E-state index in [4.69, 9.17) is 9.47 Å². The average Bonchev–Trinajstić information content (AvgIpc) is 2.76. The van der Waals surface area contributed by atoms with Crippen LogP contribution >= 0.6 is 0 Å². The molecular formula is C14H19NO2. The molecule has 92 valence electrons. The van der Waals surface area contributed by atoms with Gasteiger partial charge >= 0.3 is 0 Å². The number of hydrogen-bond acceptors (Lipinski definition) is 3. The van der Waals surface area contributed by atoms with E-state index in [-0.39, 0.29) is 5.54 Å². The monoisotopic (exact) mass is 233 g/mol. The molecule has 3 nitrogen and oxygen atoms in total. The van der Waals surface area contributed by atoms with E-state index in [1.807, 2.05) is 0 Å². The lowest BCUT2D eigenvalue weighted by Crippen LogP contribution is -2.34. The van der Waals surface area contributed by atoms with E-state index in [1.165, 1.54) is 24.0 Å². The Bertz CT molecular complexity index is 436. The predicted octanol–water partition coefficient (Wildman–Crippen LogP) is 2.36. The van der Waals surface area contributed by atoms with Crippen molar-refractivity contribution >= 4 is 0 Å². The van der Waals surface area contributed by atoms with Gasteiger partial charge in [-0.3, -0.25) is 0 Å². The van der Waals surface area contributed by atoms with Crippen LogP contribution in [0, 0.1) is 6.92 Å². The zero-order valence-corrected chi connectivity index (χ0v) is 10.5. The van der Waals surface area contributed by atoms with Crippen molar-refractivity contribution in [2.45, 2.75) is 32.2 Å². The lowest BCUT2D eigenvalue weighted by molar-refractivity contribution is 0.171. The Morgan fingerprint density at radius 1 is 1.18 bits per heavy atom. The first-order valence-electron chi connectivity index (χ1n) is 6.35. The van der Waals surface area contributed by atoms with E-state index in [0.717, 1.165) is 18.0 Å². The van der Waals surface area contributed by atoms with Crippen molar-refractivity contribution in [3.8, 4) is 11.5 Å². The molecule has 0 saturated carbocycles. The first-order valence-corrected chi connectivity index (χ1v) is 6.35. The molecule has 1 aromatic carbocycles. The highest BCUT2D eigenvalue weighted by Gasteiger charge is 2.32. The molecular weight excluding hydrogens is 214 g/mol. The second kappa shape index (κ2) is 3.91. The Kier molecular flexibility index (Phi) is 2.51. The summed E-state index contributed by atoms with van der Waals surface area (Å²) in [6.45, 7) is 6.84. The zero-order chi connectivity index (χ0) is 11.9. The van der Waals surface area contributed by atoms with Crippen LogP contribution in [0.1, 0.15) is 30.9 Å². The molecule has 0 amide bonds. The van der Waals surface area contributed by atoms with Gasteiger partial charge in [-0.15, -0.1) is 0 Å². The van der Waals surface area contributed by atoms with Crippen molar-refractivity contribution in [1.82, 2.24) is 5.32 Å². The van der Waals surface area contributed by atoms with E-state index >= 15 is 0 Å². The Morgan fingerprint density at radius 3 is 2.53 bits per heavy atom. The van der Waals surface area contributed by atoms with Crippen LogP contribution in [0.25, 0.3) is 0 Å². The molecule has 0 bridgehead atoms. The van der Waals surface area contributed by atoms with Gasteiger partial charge in [0, 0.05) is 5.54 Å². The summed E-state index contributed by atoms with van der Waals surface area (Å²) >= 11 is 0. The lowest BCUT2D eigenvalue weighted by atomic mass is 9.87. The van der Waals surface area contributed by atoms with Gasteiger partial charge in [0.15, 0.2) is 11.5 Å². The summed E-state index contributed by atoms with van der Waals surface area (Å²) in [5.41, 5.74) is 2.73. The van der Waals surface area contributed by atoms with Crippen LogP contribution in [-0.4, -0.2) is 19.8 Å². The second-order valence-electron chi connectivity index (χ2n) is 5.17. The Morgan fingerprint density at radius 2 is 1.88 bits per heavy atom. The summed E-state index contributed by atoms with van der Waals surface area (Å²) in [5, 5.41) is 3.60. The minimum atomic E-state index is 0.0971. The van der Waals surface area contributed by atoms with Gasteiger partial charge in [-0.05, 0) is 56.5 Å². The van der Waals surface area contributed by atoms with Gasteiger partial charge in [0.1, 0.15) is 13.2 Å². The summed E-state index contributed by atoms with van der Waals surface area (Å²) in [6.07, 6.45) is 2.43. The van der Waals surface area contributed by atoms with Crippen molar-refractivity contribution in [1.29, 1.82) is 0 Å². The first kappa shape index (κ1) is 10.9. The van der Waals surface area contributed by atoms with Gasteiger partial charge in [0.2, 0.25) is 0 Å². The Balaban J connectivity index is 2.04. The van der Waals surface area contributed by atoms with Gasteiger partial charge in [0.25, 0.3) is 0 Å². The molecule has 1 aromatic rings. The van der Waals surface area contributed by atoms with Crippen LogP contribution in [0.5, 0.6) is 11.5 Å². The summed E-state index contributed by atoms with van der Waals surface area (Å²) in [7, 11) is 0. The highest BCUT2D eigenvalue weighted by molar-refractivity contribution is 5.50. The third-order valence-electron chi connectivity index (χ3n) is 3.85. The van der Waals surface area contributed by atoms with Gasteiger partial charge < -0.3 is 14.8 Å². The molecule has 0 spiro atoms. The second-order valence-corrected chi connectivity index (χ2v) is 5.17. The first-order chi connectivity index (χ1) is 8.19. The molecule has 0 aliphatic carbocycles. The van der Waals surface area contributed by atoms with Crippen LogP contribution in [0.4, 0.5) is 0 Å². The summed E-state index contributed by atoms with van der Waals surface area (Å²) in [4.78, 5) is 0. The summed E-state index contributed by atoms with van der Waals surface area (Å²) in [6, 6.07) is 4.26. The SMILES string of the molecule is Cc1cc2c(cc1C1(C)CCCN1)OCCO2. The maximum atomic E-state index is 5.67. The highest BCUT2D eigenvalue weighted by Crippen LogP contribution is 2.39. The van der Waals surface area contributed by atoms with Crippen molar-refractivity contribution in [2.75, 3.05) is 19.8 Å². The molecule has 3 rings (SSSR count). The van der Waals surface area contributed by atoms with E-state index < -0.39 is 0 Å². The number of hydrogen-bond donors (Lipinski definition) is 1. The fraction of sp³-hybridized carbons (Fsp3) is 0.571. The van der Waals surface area contributed by atoms with Gasteiger partial charge in [0.05, 0.1) is 0 Å². The minimum Gasteiger partial charge on any atom is -0.486 e. The third kappa shape index (κ3) is 1.78. The van der Waals surface area contributed by atoms with E-state index in [1.54, 1.807) is 0 Å². The van der Waals surface area contributed by atoms with Crippen molar-refractivity contribution < 1.29 is 9.47 Å². The molecule has 1 fully saturated rings. The predicted molar refractivity (Wildman–Crippen MR) is 66.8 cm³/mol. The summed E-state index contributed by atoms with van der Waals surface area (Å²) < 4.78 is 11.3. The number of ether oxygens (including phenoxy) is 2. The smallest absolute Gasteiger partial charge is 0.161 e. The number of rotatable bonds is 1. The molecule has 3 heteroatoms. The quantitative estimate of drug-likeness (QED) is 0.807. The fourth-order valence-electron chi connectivity index (χ4n) is 2.91. The third-order valence-corrected chi connectivity index (χ3v) is 3.85. The average molecular weight is 233 g/mol. The van der Waals surface area contributed by atoms with Crippen molar-refractivity contribution in [3.05, 3.63) is 23.3 Å². The van der Waals surface area contributed by atoms with E-state index in [9.17, 15) is 0 Å². The molecule has 1 unspecified atom stereocenters. The Labute approximate surface area is 102 Å². The van der Waals surface area contributed by atoms with Crippen LogP contribution in [0.15, 0.2) is 12.1 Å². The molecule has 2 aliphatic heterocycles. The molecule has 2 heterocycles. The molecule has 0 radical (unpaired) electrons. The molecule has 2 aliphatic rings. The number of aryl methyl sites for hydroxylation is 1. The number of nitrogens with one attached hydrogen (secondary N) is 1. The molecule has 1 saturated heterocycles. The molecule has 1 atom stereocenters.